The Labute approximate surface area is 201 Å². The van der Waals surface area contributed by atoms with Gasteiger partial charge in [-0.05, 0) is 54.0 Å². The Hall–Kier alpha value is -3.28. The molecule has 1 heterocycles. The van der Waals surface area contributed by atoms with Crippen LogP contribution in [0.2, 0.25) is 0 Å². The molecule has 1 aliphatic carbocycles. The lowest BCUT2D eigenvalue weighted by atomic mass is 9.80. The summed E-state index contributed by atoms with van der Waals surface area (Å²) in [5.74, 6) is -0.137. The first-order chi connectivity index (χ1) is 16.3. The summed E-state index contributed by atoms with van der Waals surface area (Å²) >= 11 is 0. The largest absolute Gasteiger partial charge is 0.361 e. The first kappa shape index (κ1) is 23.9. The van der Waals surface area contributed by atoms with E-state index in [1.807, 2.05) is 48.7 Å². The molecule has 0 spiro atoms. The second-order valence-electron chi connectivity index (χ2n) is 10.4. The van der Waals surface area contributed by atoms with Crippen LogP contribution in [-0.2, 0) is 16.6 Å². The molecule has 0 unspecified atom stereocenters. The number of carbonyl (C=O) groups excluding carboxylic acids is 2. The van der Waals surface area contributed by atoms with Gasteiger partial charge in [-0.25, -0.2) is 4.79 Å². The van der Waals surface area contributed by atoms with E-state index in [1.54, 1.807) is 0 Å². The lowest BCUT2D eigenvalue weighted by molar-refractivity contribution is -0.123. The molecule has 3 amide bonds. The SMILES string of the molecule is CC(C)(C)c1ccc(NC(=O)C2(NC(=O)NCCc3c[nH]c4ccccc34)CCCCC2)cc1. The van der Waals surface area contributed by atoms with Crippen LogP contribution in [0.3, 0.4) is 0 Å². The molecule has 0 saturated heterocycles. The summed E-state index contributed by atoms with van der Waals surface area (Å²) < 4.78 is 0. The summed E-state index contributed by atoms with van der Waals surface area (Å²) in [5.41, 5.74) is 3.40. The van der Waals surface area contributed by atoms with Gasteiger partial charge in [0.25, 0.3) is 0 Å². The van der Waals surface area contributed by atoms with Crippen LogP contribution in [0, 0.1) is 0 Å². The molecule has 1 aromatic heterocycles. The minimum atomic E-state index is -0.883. The number of rotatable bonds is 6. The van der Waals surface area contributed by atoms with E-state index in [9.17, 15) is 9.59 Å². The van der Waals surface area contributed by atoms with Crippen molar-refractivity contribution in [3.8, 4) is 0 Å². The molecule has 1 fully saturated rings. The summed E-state index contributed by atoms with van der Waals surface area (Å²) in [6.07, 6.45) is 6.93. The molecule has 4 N–H and O–H groups in total. The van der Waals surface area contributed by atoms with Crippen molar-refractivity contribution in [2.24, 2.45) is 0 Å². The van der Waals surface area contributed by atoms with Gasteiger partial charge in [0, 0.05) is 29.3 Å². The topological polar surface area (TPSA) is 86.0 Å². The van der Waals surface area contributed by atoms with Crippen LogP contribution < -0.4 is 16.0 Å². The zero-order valence-electron chi connectivity index (χ0n) is 20.5. The van der Waals surface area contributed by atoms with Crippen LogP contribution in [0.15, 0.2) is 54.7 Å². The van der Waals surface area contributed by atoms with Gasteiger partial charge in [0.1, 0.15) is 5.54 Å². The number of nitrogens with one attached hydrogen (secondary N) is 4. The van der Waals surface area contributed by atoms with Crippen molar-refractivity contribution < 1.29 is 9.59 Å². The molecule has 0 aliphatic heterocycles. The van der Waals surface area contributed by atoms with Gasteiger partial charge in [0.15, 0.2) is 0 Å². The Bertz CT molecular complexity index is 1140. The normalized spacial score (nSPS) is 15.6. The third-order valence-corrected chi connectivity index (χ3v) is 6.86. The van der Waals surface area contributed by atoms with E-state index in [0.29, 0.717) is 19.4 Å². The van der Waals surface area contributed by atoms with Gasteiger partial charge in [-0.2, -0.15) is 0 Å². The van der Waals surface area contributed by atoms with E-state index in [-0.39, 0.29) is 17.4 Å². The van der Waals surface area contributed by atoms with Crippen LogP contribution in [0.4, 0.5) is 10.5 Å². The van der Waals surface area contributed by atoms with Crippen molar-refractivity contribution in [3.63, 3.8) is 0 Å². The Morgan fingerprint density at radius 3 is 2.38 bits per heavy atom. The fraction of sp³-hybridized carbons (Fsp3) is 0.429. The van der Waals surface area contributed by atoms with Crippen molar-refractivity contribution in [1.82, 2.24) is 15.6 Å². The van der Waals surface area contributed by atoms with Crippen LogP contribution in [0.5, 0.6) is 0 Å². The highest BCUT2D eigenvalue weighted by atomic mass is 16.2. The zero-order chi connectivity index (χ0) is 24.2. The van der Waals surface area contributed by atoms with Gasteiger partial charge < -0.3 is 20.9 Å². The third kappa shape index (κ3) is 5.44. The molecule has 0 bridgehead atoms. The number of benzene rings is 2. The van der Waals surface area contributed by atoms with E-state index < -0.39 is 5.54 Å². The van der Waals surface area contributed by atoms with Crippen LogP contribution in [0.25, 0.3) is 10.9 Å². The maximum absolute atomic E-state index is 13.4. The van der Waals surface area contributed by atoms with Crippen LogP contribution in [-0.4, -0.2) is 29.0 Å². The molecule has 6 heteroatoms. The molecule has 0 radical (unpaired) electrons. The van der Waals surface area contributed by atoms with Crippen molar-refractivity contribution in [2.45, 2.75) is 70.3 Å². The molecule has 1 saturated carbocycles. The van der Waals surface area contributed by atoms with E-state index in [2.05, 4.69) is 47.8 Å². The predicted octanol–water partition coefficient (Wildman–Crippen LogP) is 5.65. The number of carbonyl (C=O) groups is 2. The maximum atomic E-state index is 13.4. The summed E-state index contributed by atoms with van der Waals surface area (Å²) in [6.45, 7) is 7.00. The molecular formula is C28H36N4O2. The summed E-state index contributed by atoms with van der Waals surface area (Å²) in [5, 5.41) is 10.2. The van der Waals surface area contributed by atoms with Gasteiger partial charge in [-0.1, -0.05) is 70.4 Å². The van der Waals surface area contributed by atoms with Gasteiger partial charge in [0.05, 0.1) is 0 Å². The van der Waals surface area contributed by atoms with Crippen LogP contribution >= 0.6 is 0 Å². The molecule has 3 aromatic rings. The van der Waals surface area contributed by atoms with Gasteiger partial charge in [-0.3, -0.25) is 4.79 Å². The molecule has 4 rings (SSSR count). The number of fused-ring (bicyclic) bond motifs is 1. The number of amides is 3. The van der Waals surface area contributed by atoms with E-state index in [1.165, 1.54) is 16.5 Å². The molecular weight excluding hydrogens is 424 g/mol. The Morgan fingerprint density at radius 1 is 0.971 bits per heavy atom. The Kier molecular flexibility index (Phi) is 6.96. The van der Waals surface area contributed by atoms with E-state index in [4.69, 9.17) is 0 Å². The van der Waals surface area contributed by atoms with Gasteiger partial charge in [0.2, 0.25) is 5.91 Å². The van der Waals surface area contributed by atoms with Crippen molar-refractivity contribution in [1.29, 1.82) is 0 Å². The lowest BCUT2D eigenvalue weighted by Crippen LogP contribution is -2.60. The average molecular weight is 461 g/mol. The average Bonchev–Trinajstić information content (AvgIpc) is 3.22. The minimum Gasteiger partial charge on any atom is -0.361 e. The molecule has 2 aromatic carbocycles. The fourth-order valence-corrected chi connectivity index (χ4v) is 4.78. The summed E-state index contributed by atoms with van der Waals surface area (Å²) in [7, 11) is 0. The quantitative estimate of drug-likeness (QED) is 0.383. The maximum Gasteiger partial charge on any atom is 0.315 e. The monoisotopic (exact) mass is 460 g/mol. The van der Waals surface area contributed by atoms with E-state index >= 15 is 0 Å². The number of anilines is 1. The highest BCUT2D eigenvalue weighted by molar-refractivity contribution is 6.00. The molecule has 34 heavy (non-hydrogen) atoms. The number of aromatic nitrogens is 1. The first-order valence-electron chi connectivity index (χ1n) is 12.3. The number of urea groups is 1. The number of H-pyrrole nitrogens is 1. The standard InChI is InChI=1S/C28H36N4O2/c1-27(2,3)21-11-13-22(14-12-21)31-25(33)28(16-7-4-8-17-28)32-26(34)29-18-15-20-19-30-24-10-6-5-9-23(20)24/h5-6,9-14,19,30H,4,7-8,15-18H2,1-3H3,(H,31,33)(H2,29,32,34). The number of hydrogen-bond acceptors (Lipinski definition) is 2. The summed E-state index contributed by atoms with van der Waals surface area (Å²) in [6, 6.07) is 15.8. The smallest absolute Gasteiger partial charge is 0.315 e. The lowest BCUT2D eigenvalue weighted by Gasteiger charge is -2.36. The first-order valence-corrected chi connectivity index (χ1v) is 12.3. The van der Waals surface area contributed by atoms with Crippen molar-refractivity contribution in [2.75, 3.05) is 11.9 Å². The summed E-state index contributed by atoms with van der Waals surface area (Å²) in [4.78, 5) is 29.4. The van der Waals surface area contributed by atoms with Gasteiger partial charge in [-0.15, -0.1) is 0 Å². The highest BCUT2D eigenvalue weighted by Gasteiger charge is 2.41. The Morgan fingerprint density at radius 2 is 1.68 bits per heavy atom. The zero-order valence-corrected chi connectivity index (χ0v) is 20.5. The molecule has 0 atom stereocenters. The third-order valence-electron chi connectivity index (χ3n) is 6.86. The van der Waals surface area contributed by atoms with Crippen molar-refractivity contribution >= 4 is 28.5 Å². The molecule has 1 aliphatic rings. The number of para-hydroxylation sites is 1. The fourth-order valence-electron chi connectivity index (χ4n) is 4.78. The number of aromatic amines is 1. The van der Waals surface area contributed by atoms with Gasteiger partial charge >= 0.3 is 6.03 Å². The van der Waals surface area contributed by atoms with Crippen LogP contribution in [0.1, 0.15) is 64.0 Å². The second-order valence-corrected chi connectivity index (χ2v) is 10.4. The second kappa shape index (κ2) is 9.92. The Balaban J connectivity index is 1.37. The molecule has 6 nitrogen and oxygen atoms in total. The molecule has 180 valence electrons. The number of hydrogen-bond donors (Lipinski definition) is 4. The highest BCUT2D eigenvalue weighted by Crippen LogP contribution is 2.30. The minimum absolute atomic E-state index is 0.0550. The predicted molar refractivity (Wildman–Crippen MR) is 138 cm³/mol. The van der Waals surface area contributed by atoms with Crippen molar-refractivity contribution in [3.05, 3.63) is 65.9 Å². The van der Waals surface area contributed by atoms with E-state index in [0.717, 1.165) is 36.9 Å².